The summed E-state index contributed by atoms with van der Waals surface area (Å²) in [6.45, 7) is 4.61. The molecule has 5 nitrogen and oxygen atoms in total. The minimum atomic E-state index is 0.0169. The molecule has 0 aliphatic carbocycles. The number of hydrogen-bond acceptors (Lipinski definition) is 4. The summed E-state index contributed by atoms with van der Waals surface area (Å²) in [7, 11) is 0. The average molecular weight is 346 g/mol. The summed E-state index contributed by atoms with van der Waals surface area (Å²) < 4.78 is 1.78. The van der Waals surface area contributed by atoms with Crippen molar-refractivity contribution in [2.45, 2.75) is 26.3 Å². The smallest absolute Gasteiger partial charge is 0.255 e. The predicted molar refractivity (Wildman–Crippen MR) is 103 cm³/mol. The Balaban J connectivity index is 1.52. The predicted octanol–water partition coefficient (Wildman–Crippen LogP) is 3.07. The number of hydrogen-bond donors (Lipinski definition) is 0. The Morgan fingerprint density at radius 1 is 1.08 bits per heavy atom. The molecular formula is C21H22N4O. The van der Waals surface area contributed by atoms with Gasteiger partial charge < -0.3 is 4.90 Å². The lowest BCUT2D eigenvalue weighted by Gasteiger charge is -2.18. The van der Waals surface area contributed by atoms with E-state index >= 15 is 0 Å². The van der Waals surface area contributed by atoms with Crippen LogP contribution >= 0.6 is 0 Å². The van der Waals surface area contributed by atoms with Gasteiger partial charge in [-0.15, -0.1) is 0 Å². The van der Waals surface area contributed by atoms with Crippen LogP contribution in [0.2, 0.25) is 0 Å². The van der Waals surface area contributed by atoms with Crippen molar-refractivity contribution in [3.63, 3.8) is 0 Å². The SMILES string of the molecule is Cc1ccccc1CCCN1CCn2c1nc(-c1ccncc1)cc2=O. The maximum atomic E-state index is 12.5. The van der Waals surface area contributed by atoms with Gasteiger partial charge in [0.25, 0.3) is 5.56 Å². The maximum absolute atomic E-state index is 12.5. The zero-order valence-electron chi connectivity index (χ0n) is 14.9. The highest BCUT2D eigenvalue weighted by Crippen LogP contribution is 2.22. The van der Waals surface area contributed by atoms with Crippen LogP contribution in [-0.2, 0) is 13.0 Å². The van der Waals surface area contributed by atoms with Gasteiger partial charge in [-0.05, 0) is 43.0 Å². The van der Waals surface area contributed by atoms with Crippen molar-refractivity contribution < 1.29 is 0 Å². The Morgan fingerprint density at radius 2 is 1.88 bits per heavy atom. The number of nitrogens with zero attached hydrogens (tertiary/aromatic N) is 4. The average Bonchev–Trinajstić information content (AvgIpc) is 3.08. The number of fused-ring (bicyclic) bond motifs is 1. The van der Waals surface area contributed by atoms with E-state index in [4.69, 9.17) is 4.98 Å². The van der Waals surface area contributed by atoms with Gasteiger partial charge in [0.15, 0.2) is 0 Å². The normalized spacial score (nSPS) is 13.0. The van der Waals surface area contributed by atoms with E-state index in [-0.39, 0.29) is 5.56 Å². The second-order valence-corrected chi connectivity index (χ2v) is 6.68. The van der Waals surface area contributed by atoms with Crippen LogP contribution in [0, 0.1) is 6.92 Å². The third-order valence-electron chi connectivity index (χ3n) is 4.98. The highest BCUT2D eigenvalue weighted by atomic mass is 16.1. The molecule has 2 aromatic heterocycles. The largest absolute Gasteiger partial charge is 0.340 e. The van der Waals surface area contributed by atoms with Gasteiger partial charge in [-0.2, -0.15) is 0 Å². The van der Waals surface area contributed by atoms with Crippen LogP contribution in [-0.4, -0.2) is 27.6 Å². The van der Waals surface area contributed by atoms with Crippen LogP contribution in [0.4, 0.5) is 5.95 Å². The van der Waals surface area contributed by atoms with Gasteiger partial charge in [0.1, 0.15) is 0 Å². The molecule has 0 spiro atoms. The Morgan fingerprint density at radius 3 is 2.69 bits per heavy atom. The fraction of sp³-hybridized carbons (Fsp3) is 0.286. The molecule has 3 heterocycles. The van der Waals surface area contributed by atoms with E-state index in [0.29, 0.717) is 6.54 Å². The molecule has 0 amide bonds. The quantitative estimate of drug-likeness (QED) is 0.712. The van der Waals surface area contributed by atoms with Crippen molar-refractivity contribution >= 4 is 5.95 Å². The summed E-state index contributed by atoms with van der Waals surface area (Å²) in [5, 5.41) is 0. The lowest BCUT2D eigenvalue weighted by Crippen LogP contribution is -2.24. The van der Waals surface area contributed by atoms with Crippen molar-refractivity contribution in [3.05, 3.63) is 76.3 Å². The number of benzene rings is 1. The van der Waals surface area contributed by atoms with E-state index in [2.05, 4.69) is 41.1 Å². The van der Waals surface area contributed by atoms with Gasteiger partial charge >= 0.3 is 0 Å². The molecule has 132 valence electrons. The van der Waals surface area contributed by atoms with Crippen molar-refractivity contribution in [3.8, 4) is 11.3 Å². The first-order valence-electron chi connectivity index (χ1n) is 9.04. The van der Waals surface area contributed by atoms with E-state index in [0.717, 1.165) is 43.1 Å². The highest BCUT2D eigenvalue weighted by Gasteiger charge is 2.22. The fourth-order valence-electron chi connectivity index (χ4n) is 3.50. The van der Waals surface area contributed by atoms with Crippen molar-refractivity contribution in [1.82, 2.24) is 14.5 Å². The van der Waals surface area contributed by atoms with Crippen LogP contribution in [0.3, 0.4) is 0 Å². The number of aromatic nitrogens is 3. The molecule has 0 saturated carbocycles. The van der Waals surface area contributed by atoms with Gasteiger partial charge in [0.2, 0.25) is 5.95 Å². The topological polar surface area (TPSA) is 51.0 Å². The van der Waals surface area contributed by atoms with E-state index < -0.39 is 0 Å². The Labute approximate surface area is 153 Å². The molecule has 0 saturated heterocycles. The van der Waals surface area contributed by atoms with E-state index in [9.17, 15) is 4.79 Å². The van der Waals surface area contributed by atoms with Crippen LogP contribution in [0.25, 0.3) is 11.3 Å². The van der Waals surface area contributed by atoms with Gasteiger partial charge in [-0.25, -0.2) is 4.98 Å². The molecule has 1 aliphatic rings. The molecule has 0 atom stereocenters. The molecular weight excluding hydrogens is 324 g/mol. The van der Waals surface area contributed by atoms with E-state index in [1.165, 1.54) is 11.1 Å². The summed E-state index contributed by atoms with van der Waals surface area (Å²) >= 11 is 0. The van der Waals surface area contributed by atoms with Crippen molar-refractivity contribution in [2.24, 2.45) is 0 Å². The number of rotatable bonds is 5. The molecule has 1 aromatic carbocycles. The molecule has 3 aromatic rings. The van der Waals surface area contributed by atoms with Gasteiger partial charge in [0.05, 0.1) is 5.69 Å². The summed E-state index contributed by atoms with van der Waals surface area (Å²) in [6, 6.07) is 13.9. The molecule has 0 fully saturated rings. The molecule has 26 heavy (non-hydrogen) atoms. The molecule has 4 rings (SSSR count). The first-order valence-corrected chi connectivity index (χ1v) is 9.04. The zero-order valence-corrected chi connectivity index (χ0v) is 14.9. The number of aryl methyl sites for hydroxylation is 2. The first kappa shape index (κ1) is 16.5. The third-order valence-corrected chi connectivity index (χ3v) is 4.98. The molecule has 5 heteroatoms. The molecule has 0 unspecified atom stereocenters. The summed E-state index contributed by atoms with van der Waals surface area (Å²) in [6.07, 6.45) is 5.53. The second kappa shape index (κ2) is 7.12. The van der Waals surface area contributed by atoms with Crippen LogP contribution < -0.4 is 10.5 Å². The van der Waals surface area contributed by atoms with Crippen LogP contribution in [0.5, 0.6) is 0 Å². The Hall–Kier alpha value is -2.95. The fourth-order valence-corrected chi connectivity index (χ4v) is 3.50. The molecule has 0 bridgehead atoms. The van der Waals surface area contributed by atoms with E-state index in [1.54, 1.807) is 23.0 Å². The standard InChI is InChI=1S/C21H22N4O/c1-16-5-2-3-6-17(16)7-4-12-24-13-14-25-20(26)15-19(23-21(24)25)18-8-10-22-11-9-18/h2-3,5-6,8-11,15H,4,7,12-14H2,1H3. The Kier molecular flexibility index (Phi) is 4.52. The minimum Gasteiger partial charge on any atom is -0.340 e. The maximum Gasteiger partial charge on any atom is 0.255 e. The summed E-state index contributed by atoms with van der Waals surface area (Å²) in [4.78, 5) is 23.5. The van der Waals surface area contributed by atoms with Crippen molar-refractivity contribution in [1.29, 1.82) is 0 Å². The van der Waals surface area contributed by atoms with E-state index in [1.807, 2.05) is 12.1 Å². The van der Waals surface area contributed by atoms with Crippen LogP contribution in [0.1, 0.15) is 17.5 Å². The number of pyridine rings is 1. The van der Waals surface area contributed by atoms with Gasteiger partial charge in [-0.3, -0.25) is 14.3 Å². The molecule has 0 N–H and O–H groups in total. The minimum absolute atomic E-state index is 0.0169. The number of anilines is 1. The third kappa shape index (κ3) is 3.25. The first-order chi connectivity index (χ1) is 12.7. The van der Waals surface area contributed by atoms with Gasteiger partial charge in [0, 0.05) is 43.7 Å². The zero-order chi connectivity index (χ0) is 17.9. The lowest BCUT2D eigenvalue weighted by atomic mass is 10.0. The van der Waals surface area contributed by atoms with Crippen molar-refractivity contribution in [2.75, 3.05) is 18.0 Å². The lowest BCUT2D eigenvalue weighted by molar-refractivity contribution is 0.726. The second-order valence-electron chi connectivity index (χ2n) is 6.68. The van der Waals surface area contributed by atoms with Gasteiger partial charge in [-0.1, -0.05) is 24.3 Å². The summed E-state index contributed by atoms with van der Waals surface area (Å²) in [5.41, 5.74) is 4.39. The monoisotopic (exact) mass is 346 g/mol. The highest BCUT2D eigenvalue weighted by molar-refractivity contribution is 5.59. The van der Waals surface area contributed by atoms with Crippen LogP contribution in [0.15, 0.2) is 59.7 Å². The molecule has 0 radical (unpaired) electrons. The Bertz CT molecular complexity index is 965. The summed E-state index contributed by atoms with van der Waals surface area (Å²) in [5.74, 6) is 0.786. The molecule has 1 aliphatic heterocycles.